The quantitative estimate of drug-likeness (QED) is 0.463. The molecule has 0 saturated heterocycles. The molecule has 2 aromatic heterocycles. The van der Waals surface area contributed by atoms with E-state index < -0.39 is 29.5 Å². The summed E-state index contributed by atoms with van der Waals surface area (Å²) in [7, 11) is 0. The van der Waals surface area contributed by atoms with Crippen LogP contribution in [0, 0.1) is 0 Å². The average Bonchev–Trinajstić information content (AvgIpc) is 3.42. The number of pyridine rings is 1. The second kappa shape index (κ2) is 8.53. The van der Waals surface area contributed by atoms with Crippen molar-refractivity contribution in [1.29, 1.82) is 0 Å². The summed E-state index contributed by atoms with van der Waals surface area (Å²) in [6.45, 7) is 1.97. The van der Waals surface area contributed by atoms with Crippen molar-refractivity contribution >= 4 is 34.7 Å². The highest BCUT2D eigenvalue weighted by atomic mass is 32.1. The molecule has 0 fully saturated rings. The van der Waals surface area contributed by atoms with E-state index in [4.69, 9.17) is 4.74 Å². The highest BCUT2D eigenvalue weighted by molar-refractivity contribution is 7.12. The van der Waals surface area contributed by atoms with Crippen molar-refractivity contribution in [3.05, 3.63) is 93.6 Å². The third-order valence-corrected chi connectivity index (χ3v) is 5.72. The van der Waals surface area contributed by atoms with Gasteiger partial charge in [-0.25, -0.2) is 4.79 Å². The van der Waals surface area contributed by atoms with Crippen molar-refractivity contribution in [2.45, 2.75) is 13.0 Å². The fourth-order valence-corrected chi connectivity index (χ4v) is 4.15. The van der Waals surface area contributed by atoms with Gasteiger partial charge in [-0.15, -0.1) is 11.3 Å². The lowest BCUT2D eigenvalue weighted by molar-refractivity contribution is -0.117. The molecule has 1 unspecified atom stereocenters. The van der Waals surface area contributed by atoms with Crippen molar-refractivity contribution < 1.29 is 24.2 Å². The van der Waals surface area contributed by atoms with Gasteiger partial charge in [0, 0.05) is 18.1 Å². The Hall–Kier alpha value is -3.78. The summed E-state index contributed by atoms with van der Waals surface area (Å²) in [4.78, 5) is 44.0. The smallest absolute Gasteiger partial charge is 0.338 e. The zero-order valence-corrected chi connectivity index (χ0v) is 17.3. The third-order valence-electron chi connectivity index (χ3n) is 4.85. The molecule has 0 saturated carbocycles. The molecule has 1 atom stereocenters. The van der Waals surface area contributed by atoms with Gasteiger partial charge in [-0.3, -0.25) is 19.5 Å². The molecule has 0 spiro atoms. The van der Waals surface area contributed by atoms with E-state index >= 15 is 0 Å². The molecule has 1 aliphatic rings. The predicted molar refractivity (Wildman–Crippen MR) is 115 cm³/mol. The molecule has 1 N–H and O–H groups in total. The van der Waals surface area contributed by atoms with Crippen molar-refractivity contribution in [2.24, 2.45) is 0 Å². The minimum Gasteiger partial charge on any atom is -0.503 e. The first-order valence-corrected chi connectivity index (χ1v) is 10.4. The molecule has 3 heterocycles. The van der Waals surface area contributed by atoms with E-state index in [2.05, 4.69) is 4.98 Å². The number of thiophene rings is 1. The number of esters is 1. The summed E-state index contributed by atoms with van der Waals surface area (Å²) < 4.78 is 4.99. The number of benzene rings is 1. The van der Waals surface area contributed by atoms with E-state index in [0.29, 0.717) is 21.7 Å². The summed E-state index contributed by atoms with van der Waals surface area (Å²) in [5.41, 5.74) is 1.33. The van der Waals surface area contributed by atoms with Gasteiger partial charge in [-0.05, 0) is 54.3 Å². The average molecular weight is 434 g/mol. The van der Waals surface area contributed by atoms with Gasteiger partial charge in [0.1, 0.15) is 0 Å². The summed E-state index contributed by atoms with van der Waals surface area (Å²) in [6, 6.07) is 12.2. The van der Waals surface area contributed by atoms with Crippen LogP contribution in [0.5, 0.6) is 0 Å². The molecule has 1 aromatic carbocycles. The van der Waals surface area contributed by atoms with E-state index in [1.54, 1.807) is 61.1 Å². The van der Waals surface area contributed by atoms with Crippen molar-refractivity contribution in [1.82, 2.24) is 4.98 Å². The van der Waals surface area contributed by atoms with Crippen LogP contribution in [0.15, 0.2) is 77.6 Å². The Morgan fingerprint density at radius 3 is 2.55 bits per heavy atom. The van der Waals surface area contributed by atoms with Gasteiger partial charge in [-0.1, -0.05) is 12.1 Å². The van der Waals surface area contributed by atoms with Gasteiger partial charge in [0.2, 0.25) is 5.78 Å². The van der Waals surface area contributed by atoms with Crippen LogP contribution in [0.4, 0.5) is 5.69 Å². The Morgan fingerprint density at radius 2 is 1.94 bits per heavy atom. The Kier molecular flexibility index (Phi) is 5.64. The lowest BCUT2D eigenvalue weighted by atomic mass is 9.96. The number of aliphatic hydroxyl groups is 1. The molecule has 31 heavy (non-hydrogen) atoms. The van der Waals surface area contributed by atoms with Crippen molar-refractivity contribution in [3.8, 4) is 0 Å². The molecule has 4 rings (SSSR count). The van der Waals surface area contributed by atoms with Gasteiger partial charge >= 0.3 is 5.97 Å². The van der Waals surface area contributed by atoms with E-state index in [0.717, 1.165) is 0 Å². The maximum Gasteiger partial charge on any atom is 0.338 e. The Morgan fingerprint density at radius 1 is 1.16 bits per heavy atom. The number of hydrogen-bond acceptors (Lipinski definition) is 7. The highest BCUT2D eigenvalue weighted by Crippen LogP contribution is 2.42. The molecular weight excluding hydrogens is 416 g/mol. The fraction of sp³-hybridized carbons (Fsp3) is 0.130. The first-order chi connectivity index (χ1) is 15.0. The Balaban J connectivity index is 1.78. The van der Waals surface area contributed by atoms with Gasteiger partial charge in [-0.2, -0.15) is 0 Å². The number of aromatic nitrogens is 1. The molecule has 8 heteroatoms. The molecule has 0 bridgehead atoms. The molecule has 1 amide bonds. The standard InChI is InChI=1S/C23H18N2O5S/c1-2-30-23(29)14-7-9-16(10-8-14)25-19(15-5-3-11-24-13-15)18(21(27)22(25)28)20(26)17-6-4-12-31-17/h3-13,19,27H,2H2,1H3. The topological polar surface area (TPSA) is 96.8 Å². The summed E-state index contributed by atoms with van der Waals surface area (Å²) in [6.07, 6.45) is 3.14. The van der Waals surface area contributed by atoms with E-state index in [9.17, 15) is 19.5 Å². The number of ketones is 1. The predicted octanol–water partition coefficient (Wildman–Crippen LogP) is 4.10. The van der Waals surface area contributed by atoms with Gasteiger partial charge < -0.3 is 9.84 Å². The van der Waals surface area contributed by atoms with Gasteiger partial charge in [0.15, 0.2) is 5.76 Å². The number of carbonyl (C=O) groups excluding carboxylic acids is 3. The normalized spacial score (nSPS) is 16.0. The number of anilines is 1. The first-order valence-electron chi connectivity index (χ1n) is 9.55. The van der Waals surface area contributed by atoms with Crippen LogP contribution >= 0.6 is 11.3 Å². The van der Waals surface area contributed by atoms with Gasteiger partial charge in [0.25, 0.3) is 5.91 Å². The largest absolute Gasteiger partial charge is 0.503 e. The number of ether oxygens (including phenoxy) is 1. The van der Waals surface area contributed by atoms with E-state index in [-0.39, 0.29) is 12.2 Å². The zero-order chi connectivity index (χ0) is 22.0. The van der Waals surface area contributed by atoms with E-state index in [1.807, 2.05) is 0 Å². The minimum atomic E-state index is -0.857. The highest BCUT2D eigenvalue weighted by Gasteiger charge is 2.45. The SMILES string of the molecule is CCOC(=O)c1ccc(N2C(=O)C(O)=C(C(=O)c3cccs3)C2c2cccnc2)cc1. The molecule has 7 nitrogen and oxygen atoms in total. The Labute approximate surface area is 182 Å². The minimum absolute atomic E-state index is 0.00470. The van der Waals surface area contributed by atoms with Crippen molar-refractivity contribution in [3.63, 3.8) is 0 Å². The first kappa shape index (κ1) is 20.5. The van der Waals surface area contributed by atoms with Crippen LogP contribution in [0.25, 0.3) is 0 Å². The number of amides is 1. The van der Waals surface area contributed by atoms with Crippen LogP contribution in [0.1, 0.15) is 38.6 Å². The molecular formula is C23H18N2O5S. The van der Waals surface area contributed by atoms with Gasteiger partial charge in [0.05, 0.1) is 28.7 Å². The van der Waals surface area contributed by atoms with E-state index in [1.165, 1.54) is 28.4 Å². The number of nitrogens with zero attached hydrogens (tertiary/aromatic N) is 2. The molecule has 1 aliphatic heterocycles. The monoisotopic (exact) mass is 434 g/mol. The lowest BCUT2D eigenvalue weighted by Crippen LogP contribution is -2.31. The molecule has 0 aliphatic carbocycles. The summed E-state index contributed by atoms with van der Waals surface area (Å²) >= 11 is 1.23. The maximum absolute atomic E-state index is 13.2. The maximum atomic E-state index is 13.2. The number of Topliss-reactive ketones (excluding diaryl/α,β-unsaturated/α-hetero) is 1. The lowest BCUT2D eigenvalue weighted by Gasteiger charge is -2.26. The van der Waals surface area contributed by atoms with Crippen LogP contribution in [-0.4, -0.2) is 34.4 Å². The van der Waals surface area contributed by atoms with Crippen LogP contribution in [0.2, 0.25) is 0 Å². The number of carbonyl (C=O) groups is 3. The molecule has 0 radical (unpaired) electrons. The number of aliphatic hydroxyl groups excluding tert-OH is 1. The summed E-state index contributed by atoms with van der Waals surface area (Å²) in [5, 5.41) is 12.4. The number of rotatable bonds is 6. The fourth-order valence-electron chi connectivity index (χ4n) is 3.47. The zero-order valence-electron chi connectivity index (χ0n) is 16.5. The van der Waals surface area contributed by atoms with Crippen LogP contribution in [-0.2, 0) is 9.53 Å². The van der Waals surface area contributed by atoms with Crippen LogP contribution in [0.3, 0.4) is 0 Å². The second-order valence-electron chi connectivity index (χ2n) is 6.70. The summed E-state index contributed by atoms with van der Waals surface area (Å²) in [5.74, 6) is -2.18. The molecule has 3 aromatic rings. The van der Waals surface area contributed by atoms with Crippen molar-refractivity contribution in [2.75, 3.05) is 11.5 Å². The number of hydrogen-bond donors (Lipinski definition) is 1. The third kappa shape index (κ3) is 3.73. The Bertz CT molecular complexity index is 1150. The van der Waals surface area contributed by atoms with Crippen LogP contribution < -0.4 is 4.90 Å². The second-order valence-corrected chi connectivity index (χ2v) is 7.65. The molecule has 156 valence electrons.